The smallest absolute Gasteiger partial charge is 0.391 e. The van der Waals surface area contributed by atoms with Gasteiger partial charge < -0.3 is 9.84 Å². The molecule has 0 saturated heterocycles. The second-order valence-electron chi connectivity index (χ2n) is 2.46. The predicted octanol–water partition coefficient (Wildman–Crippen LogP) is -2.37. The summed E-state index contributed by atoms with van der Waals surface area (Å²) in [5.74, 6) is -1.43. The third-order valence-corrected chi connectivity index (χ3v) is 1.34. The Morgan fingerprint density at radius 2 is 1.85 bits per heavy atom. The van der Waals surface area contributed by atoms with Gasteiger partial charge in [-0.15, -0.1) is 0 Å². The molecule has 13 heavy (non-hydrogen) atoms. The second kappa shape index (κ2) is 10.8. The summed E-state index contributed by atoms with van der Waals surface area (Å²) in [5.41, 5.74) is 0. The van der Waals surface area contributed by atoms with Gasteiger partial charge in [-0.25, -0.2) is 4.79 Å². The van der Waals surface area contributed by atoms with Crippen molar-refractivity contribution in [1.82, 2.24) is 0 Å². The molecule has 0 rings (SSSR count). The fourth-order valence-corrected chi connectivity index (χ4v) is 0.730. The molecule has 4 nitrogen and oxygen atoms in total. The van der Waals surface area contributed by atoms with Gasteiger partial charge in [-0.3, -0.25) is 4.79 Å². The summed E-state index contributed by atoms with van der Waals surface area (Å²) in [6, 6.07) is 0. The number of aliphatic hydroxyl groups is 1. The molecule has 0 saturated carbocycles. The quantitative estimate of drug-likeness (QED) is 0.240. The molecule has 0 fully saturated rings. The van der Waals surface area contributed by atoms with E-state index < -0.39 is 18.5 Å². The van der Waals surface area contributed by atoms with Crippen LogP contribution in [0.15, 0.2) is 0 Å². The number of aliphatic hydroxyl groups excluding tert-OH is 1. The first-order valence-corrected chi connectivity index (χ1v) is 4.05. The molecule has 5 heteroatoms. The number of rotatable bonds is 5. The van der Waals surface area contributed by atoms with Gasteiger partial charge in [-0.05, 0) is 6.42 Å². The summed E-state index contributed by atoms with van der Waals surface area (Å²) >= 11 is 0. The minimum Gasteiger partial charge on any atom is -0.391 e. The number of carbonyl (C=O) groups is 2. The van der Waals surface area contributed by atoms with Gasteiger partial charge in [-0.1, -0.05) is 19.8 Å². The number of ether oxygens (including phenoxy) is 1. The van der Waals surface area contributed by atoms with Crippen molar-refractivity contribution in [3.8, 4) is 0 Å². The number of hydrogen-bond donors (Lipinski definition) is 1. The molecule has 0 spiro atoms. The molecule has 0 radical (unpaired) electrons. The zero-order valence-electron chi connectivity index (χ0n) is 8.21. The molecule has 0 aliphatic carbocycles. The van der Waals surface area contributed by atoms with E-state index in [1.165, 1.54) is 0 Å². The monoisotopic (exact) mass is 213 g/mol. The Kier molecular flexibility index (Phi) is 13.5. The maximum absolute atomic E-state index is 10.7. The molecule has 0 aromatic heterocycles. The average molecular weight is 213 g/mol. The molecular formula is C8H14KO4+. The normalized spacial score (nSPS) is 8.77. The third-order valence-electron chi connectivity index (χ3n) is 1.34. The van der Waals surface area contributed by atoms with Crippen molar-refractivity contribution in [2.45, 2.75) is 32.6 Å². The Hall–Kier alpha value is 0.736. The predicted molar refractivity (Wildman–Crippen MR) is 42.3 cm³/mol. The standard InChI is InChI=1S/C8H14O4.K/c1-2-3-4-5-7(10)12-8(11)6-9;/h9H,2-6H2,1H3;/q;+1. The van der Waals surface area contributed by atoms with Crippen LogP contribution in [0.25, 0.3) is 0 Å². The first-order chi connectivity index (χ1) is 5.70. The van der Waals surface area contributed by atoms with Gasteiger partial charge in [0.15, 0.2) is 0 Å². The Morgan fingerprint density at radius 1 is 1.23 bits per heavy atom. The Labute approximate surface area is 120 Å². The number of esters is 2. The van der Waals surface area contributed by atoms with Crippen molar-refractivity contribution in [3.63, 3.8) is 0 Å². The van der Waals surface area contributed by atoms with Gasteiger partial charge in [0.1, 0.15) is 6.61 Å². The summed E-state index contributed by atoms with van der Waals surface area (Å²) in [6.45, 7) is 1.28. The fraction of sp³-hybridized carbons (Fsp3) is 0.750. The molecule has 70 valence electrons. The molecule has 0 atom stereocenters. The summed E-state index contributed by atoms with van der Waals surface area (Å²) in [6.07, 6.45) is 2.94. The van der Waals surface area contributed by atoms with Crippen molar-refractivity contribution >= 4 is 11.9 Å². The second-order valence-corrected chi connectivity index (χ2v) is 2.46. The molecular weight excluding hydrogens is 199 g/mol. The van der Waals surface area contributed by atoms with Gasteiger partial charge in [0.25, 0.3) is 0 Å². The molecule has 0 heterocycles. The average Bonchev–Trinajstić information content (AvgIpc) is 2.05. The third kappa shape index (κ3) is 10.7. The minimum atomic E-state index is -0.878. The Morgan fingerprint density at radius 3 is 2.31 bits per heavy atom. The van der Waals surface area contributed by atoms with Crippen molar-refractivity contribution in [3.05, 3.63) is 0 Å². The van der Waals surface area contributed by atoms with E-state index >= 15 is 0 Å². The summed E-state index contributed by atoms with van der Waals surface area (Å²) in [4.78, 5) is 21.1. The molecule has 1 N–H and O–H groups in total. The van der Waals surface area contributed by atoms with Crippen LogP contribution in [0, 0.1) is 0 Å². The van der Waals surface area contributed by atoms with Gasteiger partial charge in [-0.2, -0.15) is 0 Å². The number of carbonyl (C=O) groups excluding carboxylic acids is 2. The fourth-order valence-electron chi connectivity index (χ4n) is 0.730. The topological polar surface area (TPSA) is 63.6 Å². The van der Waals surface area contributed by atoms with Crippen LogP contribution in [0.3, 0.4) is 0 Å². The van der Waals surface area contributed by atoms with Crippen molar-refractivity contribution < 1.29 is 70.8 Å². The van der Waals surface area contributed by atoms with Crippen molar-refractivity contribution in [1.29, 1.82) is 0 Å². The molecule has 0 aliphatic heterocycles. The van der Waals surface area contributed by atoms with Gasteiger partial charge in [0.2, 0.25) is 0 Å². The Balaban J connectivity index is 0. The maximum atomic E-state index is 10.7. The Bertz CT molecular complexity index is 158. The van der Waals surface area contributed by atoms with Crippen LogP contribution in [0.1, 0.15) is 32.6 Å². The molecule has 0 bridgehead atoms. The van der Waals surface area contributed by atoms with E-state index in [1.807, 2.05) is 6.92 Å². The zero-order chi connectivity index (χ0) is 9.40. The summed E-state index contributed by atoms with van der Waals surface area (Å²) in [7, 11) is 0. The van der Waals surface area contributed by atoms with Crippen LogP contribution in [0.4, 0.5) is 0 Å². The van der Waals surface area contributed by atoms with Gasteiger partial charge in [0, 0.05) is 6.42 Å². The van der Waals surface area contributed by atoms with E-state index in [-0.39, 0.29) is 57.8 Å². The van der Waals surface area contributed by atoms with Crippen LogP contribution < -0.4 is 51.4 Å². The van der Waals surface area contributed by atoms with E-state index in [0.717, 1.165) is 19.3 Å². The molecule has 0 aromatic carbocycles. The molecule has 0 aromatic rings. The zero-order valence-corrected chi connectivity index (χ0v) is 11.3. The van der Waals surface area contributed by atoms with E-state index in [9.17, 15) is 9.59 Å². The minimum absolute atomic E-state index is 0. The molecule has 0 unspecified atom stereocenters. The summed E-state index contributed by atoms with van der Waals surface area (Å²) in [5, 5.41) is 8.23. The van der Waals surface area contributed by atoms with Gasteiger partial charge >= 0.3 is 63.3 Å². The van der Waals surface area contributed by atoms with Crippen molar-refractivity contribution in [2.24, 2.45) is 0 Å². The van der Waals surface area contributed by atoms with Crippen LogP contribution in [0.2, 0.25) is 0 Å². The maximum Gasteiger partial charge on any atom is 1.00 e. The molecule has 0 amide bonds. The van der Waals surface area contributed by atoms with Crippen molar-refractivity contribution in [2.75, 3.05) is 6.61 Å². The van der Waals surface area contributed by atoms with E-state index in [1.54, 1.807) is 0 Å². The van der Waals surface area contributed by atoms with E-state index in [0.29, 0.717) is 0 Å². The van der Waals surface area contributed by atoms with Crippen LogP contribution in [-0.2, 0) is 14.3 Å². The van der Waals surface area contributed by atoms with Crippen LogP contribution in [0.5, 0.6) is 0 Å². The number of unbranched alkanes of at least 4 members (excludes halogenated alkanes) is 2. The largest absolute Gasteiger partial charge is 1.00 e. The van der Waals surface area contributed by atoms with E-state index in [2.05, 4.69) is 4.74 Å². The summed E-state index contributed by atoms with van der Waals surface area (Å²) < 4.78 is 4.22. The first-order valence-electron chi connectivity index (χ1n) is 4.05. The first kappa shape index (κ1) is 16.2. The molecule has 0 aliphatic rings. The van der Waals surface area contributed by atoms with Crippen LogP contribution >= 0.6 is 0 Å². The van der Waals surface area contributed by atoms with Gasteiger partial charge in [0.05, 0.1) is 0 Å². The van der Waals surface area contributed by atoms with Crippen LogP contribution in [-0.4, -0.2) is 23.7 Å². The van der Waals surface area contributed by atoms with E-state index in [4.69, 9.17) is 5.11 Å². The SMILES string of the molecule is CCCCCC(=O)OC(=O)CO.[K+]. The number of hydrogen-bond acceptors (Lipinski definition) is 4.